The van der Waals surface area contributed by atoms with Crippen molar-refractivity contribution in [2.45, 2.75) is 13.8 Å². The SMILES string of the molecule is CC(=NCCO)c1c(C)[nH]n(-c2ccc([N+](=O)[O-])cc2)c1=O. The summed E-state index contributed by atoms with van der Waals surface area (Å²) in [5, 5.41) is 22.4. The Morgan fingerprint density at radius 3 is 2.59 bits per heavy atom. The average molecular weight is 304 g/mol. The zero-order chi connectivity index (χ0) is 16.3. The summed E-state index contributed by atoms with van der Waals surface area (Å²) in [6.07, 6.45) is 0. The fourth-order valence-corrected chi connectivity index (χ4v) is 2.17. The molecule has 0 aliphatic rings. The van der Waals surface area contributed by atoms with E-state index in [0.29, 0.717) is 22.7 Å². The van der Waals surface area contributed by atoms with Crippen LogP contribution in [0.3, 0.4) is 0 Å². The fourth-order valence-electron chi connectivity index (χ4n) is 2.17. The van der Waals surface area contributed by atoms with E-state index in [-0.39, 0.29) is 24.4 Å². The number of rotatable bonds is 5. The van der Waals surface area contributed by atoms with Gasteiger partial charge in [-0.2, -0.15) is 0 Å². The number of aliphatic hydroxyl groups excluding tert-OH is 1. The zero-order valence-electron chi connectivity index (χ0n) is 12.2. The molecule has 0 saturated carbocycles. The molecule has 2 rings (SSSR count). The molecule has 0 fully saturated rings. The summed E-state index contributed by atoms with van der Waals surface area (Å²) in [5.41, 5.74) is 1.79. The Kier molecular flexibility index (Phi) is 4.52. The molecule has 8 nitrogen and oxygen atoms in total. The molecule has 8 heteroatoms. The number of nitrogens with zero attached hydrogens (tertiary/aromatic N) is 3. The quantitative estimate of drug-likeness (QED) is 0.490. The van der Waals surface area contributed by atoms with Crippen LogP contribution in [-0.4, -0.2) is 38.7 Å². The molecule has 0 saturated heterocycles. The predicted molar refractivity (Wildman–Crippen MR) is 81.9 cm³/mol. The van der Waals surface area contributed by atoms with Gasteiger partial charge in [0.15, 0.2) is 0 Å². The monoisotopic (exact) mass is 304 g/mol. The molecule has 2 N–H and O–H groups in total. The first-order valence-electron chi connectivity index (χ1n) is 6.64. The summed E-state index contributed by atoms with van der Waals surface area (Å²) in [6, 6.07) is 5.67. The number of aromatic amines is 1. The number of hydrogen-bond acceptors (Lipinski definition) is 5. The highest BCUT2D eigenvalue weighted by Crippen LogP contribution is 2.14. The zero-order valence-corrected chi connectivity index (χ0v) is 12.2. The first-order chi connectivity index (χ1) is 10.5. The van der Waals surface area contributed by atoms with Gasteiger partial charge >= 0.3 is 0 Å². The molecule has 0 aliphatic carbocycles. The maximum absolute atomic E-state index is 12.5. The van der Waals surface area contributed by atoms with Gasteiger partial charge in [0, 0.05) is 23.5 Å². The van der Waals surface area contributed by atoms with E-state index in [1.54, 1.807) is 13.8 Å². The smallest absolute Gasteiger partial charge is 0.280 e. The minimum atomic E-state index is -0.496. The Hall–Kier alpha value is -2.74. The van der Waals surface area contributed by atoms with E-state index in [1.807, 2.05) is 0 Å². The number of aromatic nitrogens is 2. The third-order valence-corrected chi connectivity index (χ3v) is 3.20. The van der Waals surface area contributed by atoms with Crippen LogP contribution in [0.4, 0.5) is 5.69 Å². The first kappa shape index (κ1) is 15.6. The summed E-state index contributed by atoms with van der Waals surface area (Å²) >= 11 is 0. The van der Waals surface area contributed by atoms with Gasteiger partial charge in [-0.1, -0.05) is 0 Å². The summed E-state index contributed by atoms with van der Waals surface area (Å²) in [7, 11) is 0. The number of hydrogen-bond donors (Lipinski definition) is 2. The lowest BCUT2D eigenvalue weighted by Gasteiger charge is -2.00. The van der Waals surface area contributed by atoms with Crippen molar-refractivity contribution in [2.24, 2.45) is 4.99 Å². The molecule has 0 amide bonds. The normalized spacial score (nSPS) is 11.7. The van der Waals surface area contributed by atoms with Crippen molar-refractivity contribution in [1.82, 2.24) is 9.78 Å². The molecule has 22 heavy (non-hydrogen) atoms. The Morgan fingerprint density at radius 2 is 2.05 bits per heavy atom. The van der Waals surface area contributed by atoms with Gasteiger partial charge in [-0.25, -0.2) is 4.68 Å². The largest absolute Gasteiger partial charge is 0.394 e. The molecule has 1 aromatic heterocycles. The number of aliphatic imine (C=N–C) groups is 1. The topological polar surface area (TPSA) is 114 Å². The van der Waals surface area contributed by atoms with Crippen LogP contribution in [0.25, 0.3) is 5.69 Å². The van der Waals surface area contributed by atoms with Crippen molar-refractivity contribution in [1.29, 1.82) is 0 Å². The van der Waals surface area contributed by atoms with Crippen molar-refractivity contribution in [2.75, 3.05) is 13.2 Å². The Balaban J connectivity index is 2.46. The molecule has 0 radical (unpaired) electrons. The van der Waals surface area contributed by atoms with Crippen LogP contribution in [0.15, 0.2) is 34.1 Å². The van der Waals surface area contributed by atoms with Gasteiger partial charge in [0.2, 0.25) is 0 Å². The molecule has 1 aromatic carbocycles. The van der Waals surface area contributed by atoms with Crippen LogP contribution >= 0.6 is 0 Å². The fraction of sp³-hybridized carbons (Fsp3) is 0.286. The number of H-pyrrole nitrogens is 1. The highest BCUT2D eigenvalue weighted by molar-refractivity contribution is 5.99. The summed E-state index contributed by atoms with van der Waals surface area (Å²) < 4.78 is 1.31. The molecule has 0 spiro atoms. The van der Waals surface area contributed by atoms with Crippen molar-refractivity contribution in [3.8, 4) is 5.69 Å². The third-order valence-electron chi connectivity index (χ3n) is 3.20. The molecular formula is C14H16N4O4. The number of non-ortho nitro benzene ring substituents is 1. The Labute approximate surface area is 125 Å². The molecule has 0 unspecified atom stereocenters. The number of aryl methyl sites for hydroxylation is 1. The summed E-state index contributed by atoms with van der Waals surface area (Å²) in [5.74, 6) is 0. The highest BCUT2D eigenvalue weighted by atomic mass is 16.6. The third kappa shape index (κ3) is 2.96. The summed E-state index contributed by atoms with van der Waals surface area (Å²) in [6.45, 7) is 3.59. The van der Waals surface area contributed by atoms with Crippen molar-refractivity contribution in [3.63, 3.8) is 0 Å². The first-order valence-corrected chi connectivity index (χ1v) is 6.64. The van der Waals surface area contributed by atoms with Crippen LogP contribution < -0.4 is 5.56 Å². The van der Waals surface area contributed by atoms with E-state index < -0.39 is 4.92 Å². The van der Waals surface area contributed by atoms with Crippen molar-refractivity contribution in [3.05, 3.63) is 56.0 Å². The van der Waals surface area contributed by atoms with Gasteiger partial charge in [-0.15, -0.1) is 0 Å². The van der Waals surface area contributed by atoms with Gasteiger partial charge in [0.1, 0.15) is 0 Å². The maximum Gasteiger partial charge on any atom is 0.280 e. The number of nitrogens with one attached hydrogen (secondary N) is 1. The second-order valence-corrected chi connectivity index (χ2v) is 4.72. The van der Waals surface area contributed by atoms with Crippen LogP contribution in [0.5, 0.6) is 0 Å². The minimum absolute atomic E-state index is 0.0408. The molecule has 0 bridgehead atoms. The van der Waals surface area contributed by atoms with E-state index in [9.17, 15) is 14.9 Å². The van der Waals surface area contributed by atoms with Crippen LogP contribution in [0, 0.1) is 17.0 Å². The van der Waals surface area contributed by atoms with Crippen LogP contribution in [0.1, 0.15) is 18.2 Å². The number of nitro benzene ring substituents is 1. The van der Waals surface area contributed by atoms with Crippen molar-refractivity contribution >= 4 is 11.4 Å². The molecule has 0 atom stereocenters. The second kappa shape index (κ2) is 6.35. The molecule has 2 aromatic rings. The van der Waals surface area contributed by atoms with Gasteiger partial charge in [-0.05, 0) is 26.0 Å². The number of aliphatic hydroxyl groups is 1. The number of nitro groups is 1. The van der Waals surface area contributed by atoms with Gasteiger partial charge in [0.25, 0.3) is 11.2 Å². The molecular weight excluding hydrogens is 288 g/mol. The average Bonchev–Trinajstić information content (AvgIpc) is 2.80. The van der Waals surface area contributed by atoms with Gasteiger partial charge in [-0.3, -0.25) is 25.0 Å². The Morgan fingerprint density at radius 1 is 1.41 bits per heavy atom. The molecule has 0 aliphatic heterocycles. The van der Waals surface area contributed by atoms with Gasteiger partial charge in [0.05, 0.1) is 29.3 Å². The maximum atomic E-state index is 12.5. The number of benzene rings is 1. The highest BCUT2D eigenvalue weighted by Gasteiger charge is 2.15. The standard InChI is InChI=1S/C14H16N4O4/c1-9(15-7-8-19)13-10(2)16-17(14(13)20)11-3-5-12(6-4-11)18(21)22/h3-6,16,19H,7-8H2,1-2H3. The summed E-state index contributed by atoms with van der Waals surface area (Å²) in [4.78, 5) is 26.8. The second-order valence-electron chi connectivity index (χ2n) is 4.72. The van der Waals surface area contributed by atoms with Crippen LogP contribution in [0.2, 0.25) is 0 Å². The van der Waals surface area contributed by atoms with E-state index in [0.717, 1.165) is 0 Å². The van der Waals surface area contributed by atoms with Crippen molar-refractivity contribution < 1.29 is 10.0 Å². The van der Waals surface area contributed by atoms with E-state index >= 15 is 0 Å². The minimum Gasteiger partial charge on any atom is -0.394 e. The van der Waals surface area contributed by atoms with E-state index in [4.69, 9.17) is 5.11 Å². The Bertz CT molecular complexity index is 771. The molecule has 1 heterocycles. The lowest BCUT2D eigenvalue weighted by atomic mass is 10.2. The van der Waals surface area contributed by atoms with Crippen LogP contribution in [-0.2, 0) is 0 Å². The van der Waals surface area contributed by atoms with Gasteiger partial charge < -0.3 is 5.11 Å². The molecule has 116 valence electrons. The van der Waals surface area contributed by atoms with E-state index in [2.05, 4.69) is 10.1 Å². The lowest BCUT2D eigenvalue weighted by Crippen LogP contribution is -2.20. The van der Waals surface area contributed by atoms with E-state index in [1.165, 1.54) is 28.9 Å². The predicted octanol–water partition coefficient (Wildman–Crippen LogP) is 1.18. The lowest BCUT2D eigenvalue weighted by molar-refractivity contribution is -0.384.